The van der Waals surface area contributed by atoms with Crippen LogP contribution in [0.3, 0.4) is 0 Å². The summed E-state index contributed by atoms with van der Waals surface area (Å²) in [5.74, 6) is 0. The van der Waals surface area contributed by atoms with Gasteiger partial charge in [-0.25, -0.2) is 0 Å². The molecule has 0 amide bonds. The fourth-order valence-corrected chi connectivity index (χ4v) is 8.39. The third-order valence-electron chi connectivity index (χ3n) is 10.5. The molecule has 0 aliphatic heterocycles. The lowest BCUT2D eigenvalue weighted by molar-refractivity contribution is 0.669. The van der Waals surface area contributed by atoms with Crippen LogP contribution in [0, 0.1) is 0 Å². The van der Waals surface area contributed by atoms with Crippen molar-refractivity contribution in [2.45, 2.75) is 0 Å². The molecule has 0 radical (unpaired) electrons. The van der Waals surface area contributed by atoms with Crippen LogP contribution in [-0.4, -0.2) is 9.13 Å². The van der Waals surface area contributed by atoms with Crippen LogP contribution in [0.1, 0.15) is 0 Å². The first kappa shape index (κ1) is 28.0. The Hall–Kier alpha value is -6.84. The molecule has 8 aromatic carbocycles. The average Bonchev–Trinajstić information content (AvgIpc) is 3.86. The number of furan rings is 1. The van der Waals surface area contributed by atoms with E-state index in [1.165, 1.54) is 60.3 Å². The Morgan fingerprint density at radius 2 is 0.961 bits per heavy atom. The molecule has 3 aromatic heterocycles. The van der Waals surface area contributed by atoms with Crippen molar-refractivity contribution in [1.29, 1.82) is 0 Å². The minimum atomic E-state index is 0.897. The van der Waals surface area contributed by atoms with Gasteiger partial charge in [0, 0.05) is 49.3 Å². The van der Waals surface area contributed by atoms with Gasteiger partial charge in [-0.05, 0) is 77.4 Å². The maximum absolute atomic E-state index is 6.29. The molecule has 3 heteroatoms. The van der Waals surface area contributed by atoms with Gasteiger partial charge in [-0.15, -0.1) is 0 Å². The van der Waals surface area contributed by atoms with E-state index in [1.807, 2.05) is 12.1 Å². The molecule has 0 spiro atoms. The first-order valence-corrected chi connectivity index (χ1v) is 17.4. The van der Waals surface area contributed by atoms with E-state index in [9.17, 15) is 0 Å². The minimum absolute atomic E-state index is 0.897. The van der Waals surface area contributed by atoms with Gasteiger partial charge in [-0.1, -0.05) is 121 Å². The molecule has 238 valence electrons. The van der Waals surface area contributed by atoms with Crippen molar-refractivity contribution in [1.82, 2.24) is 9.13 Å². The molecule has 11 aromatic rings. The topological polar surface area (TPSA) is 23.0 Å². The summed E-state index contributed by atoms with van der Waals surface area (Å²) >= 11 is 0. The van der Waals surface area contributed by atoms with Gasteiger partial charge in [0.1, 0.15) is 11.2 Å². The highest BCUT2D eigenvalue weighted by Gasteiger charge is 2.24. The lowest BCUT2D eigenvalue weighted by atomic mass is 9.89. The van der Waals surface area contributed by atoms with Crippen molar-refractivity contribution in [3.63, 3.8) is 0 Å². The number of para-hydroxylation sites is 5. The van der Waals surface area contributed by atoms with Crippen LogP contribution in [0.2, 0.25) is 0 Å². The molecule has 51 heavy (non-hydrogen) atoms. The number of nitrogens with zero attached hydrogens (tertiary/aromatic N) is 2. The molecule has 3 heterocycles. The Morgan fingerprint density at radius 3 is 1.75 bits per heavy atom. The normalized spacial score (nSPS) is 11.9. The lowest BCUT2D eigenvalue weighted by Crippen LogP contribution is -1.97. The molecule has 0 N–H and O–H groups in total. The number of hydrogen-bond donors (Lipinski definition) is 0. The van der Waals surface area contributed by atoms with E-state index in [0.717, 1.165) is 38.9 Å². The van der Waals surface area contributed by atoms with Gasteiger partial charge in [0.15, 0.2) is 0 Å². The molecular formula is C48H30N2O. The molecule has 3 nitrogen and oxygen atoms in total. The summed E-state index contributed by atoms with van der Waals surface area (Å²) in [4.78, 5) is 0. The third-order valence-corrected chi connectivity index (χ3v) is 10.5. The molecular weight excluding hydrogens is 621 g/mol. The molecule has 11 rings (SSSR count). The molecule has 0 atom stereocenters. The number of rotatable bonds is 4. The van der Waals surface area contributed by atoms with E-state index in [-0.39, 0.29) is 0 Å². The average molecular weight is 651 g/mol. The first-order chi connectivity index (χ1) is 25.3. The van der Waals surface area contributed by atoms with Crippen LogP contribution in [0.5, 0.6) is 0 Å². The van der Waals surface area contributed by atoms with Gasteiger partial charge in [0.2, 0.25) is 0 Å². The Morgan fingerprint density at radius 1 is 0.353 bits per heavy atom. The molecule has 0 saturated heterocycles. The fourth-order valence-electron chi connectivity index (χ4n) is 8.39. The number of benzene rings is 8. The maximum Gasteiger partial charge on any atom is 0.135 e. The molecule has 0 aliphatic rings. The molecule has 0 fully saturated rings. The Bertz CT molecular complexity index is 3130. The second kappa shape index (κ2) is 10.8. The van der Waals surface area contributed by atoms with Crippen LogP contribution in [0.4, 0.5) is 0 Å². The highest BCUT2D eigenvalue weighted by molar-refractivity contribution is 6.23. The second-order valence-corrected chi connectivity index (χ2v) is 13.3. The summed E-state index contributed by atoms with van der Waals surface area (Å²) in [6, 6.07) is 65.6. The van der Waals surface area contributed by atoms with E-state index in [4.69, 9.17) is 4.42 Å². The summed E-state index contributed by atoms with van der Waals surface area (Å²) in [6.45, 7) is 0. The largest absolute Gasteiger partial charge is 0.456 e. The quantitative estimate of drug-likeness (QED) is 0.186. The minimum Gasteiger partial charge on any atom is -0.456 e. The van der Waals surface area contributed by atoms with Crippen LogP contribution in [0.15, 0.2) is 186 Å². The maximum atomic E-state index is 6.29. The summed E-state index contributed by atoms with van der Waals surface area (Å²) in [5.41, 5.74) is 13.6. The van der Waals surface area contributed by atoms with Crippen molar-refractivity contribution in [2.75, 3.05) is 0 Å². The van der Waals surface area contributed by atoms with E-state index < -0.39 is 0 Å². The fraction of sp³-hybridized carbons (Fsp3) is 0. The summed E-state index contributed by atoms with van der Waals surface area (Å²) in [6.07, 6.45) is 0. The smallest absolute Gasteiger partial charge is 0.135 e. The van der Waals surface area contributed by atoms with Crippen molar-refractivity contribution < 1.29 is 4.42 Å². The second-order valence-electron chi connectivity index (χ2n) is 13.3. The van der Waals surface area contributed by atoms with E-state index in [2.05, 4.69) is 179 Å². The van der Waals surface area contributed by atoms with Gasteiger partial charge in [0.05, 0.1) is 22.1 Å². The van der Waals surface area contributed by atoms with Crippen LogP contribution in [-0.2, 0) is 0 Å². The SMILES string of the molecule is c1ccc(-n2c3ccccc3c3c(-c4c(-c5ccc6oc7ccccc7c6c5)ccc5c6ccccc6n(-c6ccccc6)c45)cccc32)cc1. The van der Waals surface area contributed by atoms with E-state index in [1.54, 1.807) is 0 Å². The molecule has 0 bridgehead atoms. The highest BCUT2D eigenvalue weighted by atomic mass is 16.3. The zero-order valence-corrected chi connectivity index (χ0v) is 27.6. The van der Waals surface area contributed by atoms with Crippen molar-refractivity contribution in [2.24, 2.45) is 0 Å². The van der Waals surface area contributed by atoms with E-state index in [0.29, 0.717) is 0 Å². The van der Waals surface area contributed by atoms with Crippen LogP contribution < -0.4 is 0 Å². The van der Waals surface area contributed by atoms with Gasteiger partial charge in [0.25, 0.3) is 0 Å². The predicted octanol–water partition coefficient (Wildman–Crippen LogP) is 13.1. The lowest BCUT2D eigenvalue weighted by Gasteiger charge is -2.17. The Labute approximate surface area is 293 Å². The number of aromatic nitrogens is 2. The molecule has 0 unspecified atom stereocenters. The van der Waals surface area contributed by atoms with E-state index >= 15 is 0 Å². The van der Waals surface area contributed by atoms with Crippen LogP contribution in [0.25, 0.3) is 99.2 Å². The number of hydrogen-bond acceptors (Lipinski definition) is 1. The zero-order chi connectivity index (χ0) is 33.5. The van der Waals surface area contributed by atoms with Gasteiger partial charge in [-0.2, -0.15) is 0 Å². The predicted molar refractivity (Wildman–Crippen MR) is 213 cm³/mol. The Balaban J connectivity index is 1.34. The first-order valence-electron chi connectivity index (χ1n) is 17.4. The zero-order valence-electron chi connectivity index (χ0n) is 27.6. The van der Waals surface area contributed by atoms with Gasteiger partial charge >= 0.3 is 0 Å². The summed E-state index contributed by atoms with van der Waals surface area (Å²) in [7, 11) is 0. The molecule has 0 saturated carbocycles. The monoisotopic (exact) mass is 650 g/mol. The van der Waals surface area contributed by atoms with Crippen molar-refractivity contribution in [3.8, 4) is 33.6 Å². The number of fused-ring (bicyclic) bond motifs is 9. The van der Waals surface area contributed by atoms with Crippen molar-refractivity contribution in [3.05, 3.63) is 182 Å². The summed E-state index contributed by atoms with van der Waals surface area (Å²) < 4.78 is 11.2. The van der Waals surface area contributed by atoms with Gasteiger partial charge in [-0.3, -0.25) is 0 Å². The van der Waals surface area contributed by atoms with Gasteiger partial charge < -0.3 is 13.6 Å². The van der Waals surface area contributed by atoms with Crippen molar-refractivity contribution >= 4 is 65.6 Å². The standard InChI is InChI=1S/C48H30N2O/c1-3-14-32(15-4-1)49-42-23-11-8-20-38(42)46-39(21-13-24-43(46)49)47-34(31-26-29-45-40(30-31)36-19-9-12-25-44(36)51-45)27-28-37-35-18-7-10-22-41(35)50(48(37)47)33-16-5-2-6-17-33/h1-30H. The molecule has 0 aliphatic carbocycles. The summed E-state index contributed by atoms with van der Waals surface area (Å²) in [5, 5.41) is 7.19. The Kier molecular flexibility index (Phi) is 5.96. The third kappa shape index (κ3) is 4.06. The van der Waals surface area contributed by atoms with Crippen LogP contribution >= 0.6 is 0 Å². The highest BCUT2D eigenvalue weighted by Crippen LogP contribution is 2.48.